The van der Waals surface area contributed by atoms with E-state index >= 15 is 0 Å². The summed E-state index contributed by atoms with van der Waals surface area (Å²) in [5, 5.41) is 15.0. The summed E-state index contributed by atoms with van der Waals surface area (Å²) in [6, 6.07) is 19.0. The highest BCUT2D eigenvalue weighted by atomic mass is 35.5. The lowest BCUT2D eigenvalue weighted by molar-refractivity contribution is 0.0956. The highest BCUT2D eigenvalue weighted by Crippen LogP contribution is 2.33. The van der Waals surface area contributed by atoms with E-state index < -0.39 is 5.91 Å². The van der Waals surface area contributed by atoms with Crippen LogP contribution < -0.4 is 14.9 Å². The maximum atomic E-state index is 13.0. The first-order valence-corrected chi connectivity index (χ1v) is 10.3. The number of fused-ring (bicyclic) bond motifs is 1. The minimum atomic E-state index is -0.423. The van der Waals surface area contributed by atoms with Crippen LogP contribution in [-0.4, -0.2) is 36.4 Å². The van der Waals surface area contributed by atoms with Gasteiger partial charge in [-0.15, -0.1) is 0 Å². The maximum Gasteiger partial charge on any atom is 0.272 e. The third kappa shape index (κ3) is 4.73. The van der Waals surface area contributed by atoms with Crippen LogP contribution in [0.15, 0.2) is 71.8 Å². The number of hydrogen-bond donors (Lipinski definition) is 2. The van der Waals surface area contributed by atoms with Crippen LogP contribution in [0.4, 0.5) is 0 Å². The van der Waals surface area contributed by atoms with Gasteiger partial charge in [0.2, 0.25) is 0 Å². The van der Waals surface area contributed by atoms with Gasteiger partial charge in [0.05, 0.1) is 37.2 Å². The van der Waals surface area contributed by atoms with Crippen LogP contribution >= 0.6 is 11.6 Å². The molecule has 33 heavy (non-hydrogen) atoms. The molecule has 166 valence electrons. The Bertz CT molecular complexity index is 1370. The number of rotatable bonds is 6. The van der Waals surface area contributed by atoms with E-state index in [2.05, 4.69) is 10.5 Å². The van der Waals surface area contributed by atoms with Crippen molar-refractivity contribution in [3.63, 3.8) is 0 Å². The van der Waals surface area contributed by atoms with Gasteiger partial charge in [-0.05, 0) is 48.5 Å². The third-order valence-electron chi connectivity index (χ3n) is 5.00. The van der Waals surface area contributed by atoms with Gasteiger partial charge in [0, 0.05) is 21.5 Å². The van der Waals surface area contributed by atoms with E-state index in [1.165, 1.54) is 12.3 Å². The quantitative estimate of drug-likeness (QED) is 0.310. The number of pyridine rings is 1. The molecular formula is C25H20ClN3O4. The molecule has 7 nitrogen and oxygen atoms in total. The van der Waals surface area contributed by atoms with Gasteiger partial charge >= 0.3 is 0 Å². The lowest BCUT2D eigenvalue weighted by Gasteiger charge is -2.12. The Morgan fingerprint density at radius 2 is 1.82 bits per heavy atom. The van der Waals surface area contributed by atoms with Crippen LogP contribution in [0.3, 0.4) is 0 Å². The van der Waals surface area contributed by atoms with Crippen molar-refractivity contribution in [3.8, 4) is 28.5 Å². The Morgan fingerprint density at radius 1 is 1.03 bits per heavy atom. The van der Waals surface area contributed by atoms with Crippen molar-refractivity contribution in [1.29, 1.82) is 0 Å². The number of hydrazone groups is 1. The third-order valence-corrected chi connectivity index (χ3v) is 5.23. The van der Waals surface area contributed by atoms with Crippen LogP contribution in [0.1, 0.15) is 15.9 Å². The fraction of sp³-hybridized carbons (Fsp3) is 0.0800. The van der Waals surface area contributed by atoms with Crippen molar-refractivity contribution in [2.24, 2.45) is 5.10 Å². The predicted molar refractivity (Wildman–Crippen MR) is 128 cm³/mol. The fourth-order valence-electron chi connectivity index (χ4n) is 3.36. The average Bonchev–Trinajstić information content (AvgIpc) is 2.84. The standard InChI is InChI=1S/C25H20ClN3O4/c1-32-23-10-7-15(12-24(23)33-2)21-13-19(18-5-3-4-6-20(18)28-21)25(31)29-27-14-16-11-17(26)8-9-22(16)30/h3-14,30H,1-2H3,(H,29,31)/b27-14-. The van der Waals surface area contributed by atoms with Gasteiger partial charge in [0.25, 0.3) is 5.91 Å². The average molecular weight is 462 g/mol. The molecule has 0 bridgehead atoms. The van der Waals surface area contributed by atoms with Gasteiger partial charge in [0.15, 0.2) is 11.5 Å². The van der Waals surface area contributed by atoms with E-state index in [-0.39, 0.29) is 5.75 Å². The minimum Gasteiger partial charge on any atom is -0.507 e. The Hall–Kier alpha value is -4.10. The largest absolute Gasteiger partial charge is 0.507 e. The first-order valence-electron chi connectivity index (χ1n) is 9.94. The van der Waals surface area contributed by atoms with E-state index in [1.807, 2.05) is 30.3 Å². The first-order chi connectivity index (χ1) is 16.0. The van der Waals surface area contributed by atoms with Gasteiger partial charge in [-0.2, -0.15) is 5.10 Å². The Balaban J connectivity index is 1.70. The molecule has 0 saturated carbocycles. The summed E-state index contributed by atoms with van der Waals surface area (Å²) < 4.78 is 10.7. The SMILES string of the molecule is COc1ccc(-c2cc(C(=O)N/N=C\c3cc(Cl)ccc3O)c3ccccc3n2)cc1OC. The van der Waals surface area contributed by atoms with Gasteiger partial charge in [-0.3, -0.25) is 4.79 Å². The van der Waals surface area contributed by atoms with Gasteiger partial charge < -0.3 is 14.6 Å². The summed E-state index contributed by atoms with van der Waals surface area (Å²) in [5.41, 5.74) is 5.31. The van der Waals surface area contributed by atoms with Crippen LogP contribution in [0, 0.1) is 0 Å². The molecule has 0 fully saturated rings. The second kappa shape index (κ2) is 9.58. The van der Waals surface area contributed by atoms with Crippen molar-refractivity contribution in [3.05, 3.63) is 82.9 Å². The topological polar surface area (TPSA) is 93.0 Å². The molecule has 0 aliphatic rings. The monoisotopic (exact) mass is 461 g/mol. The number of halogens is 1. The number of aromatic nitrogens is 1. The molecule has 8 heteroatoms. The molecule has 3 aromatic carbocycles. The van der Waals surface area contributed by atoms with Crippen molar-refractivity contribution >= 4 is 34.6 Å². The van der Waals surface area contributed by atoms with E-state index in [9.17, 15) is 9.90 Å². The number of benzene rings is 3. The van der Waals surface area contributed by atoms with Crippen molar-refractivity contribution in [1.82, 2.24) is 10.4 Å². The van der Waals surface area contributed by atoms with E-state index in [4.69, 9.17) is 26.1 Å². The predicted octanol–water partition coefficient (Wildman–Crippen LogP) is 5.04. The van der Waals surface area contributed by atoms with Crippen LogP contribution in [0.5, 0.6) is 17.2 Å². The van der Waals surface area contributed by atoms with Gasteiger partial charge in [0.1, 0.15) is 5.75 Å². The first kappa shape index (κ1) is 22.1. The number of hydrogen-bond acceptors (Lipinski definition) is 6. The van der Waals surface area contributed by atoms with Crippen molar-refractivity contribution in [2.45, 2.75) is 0 Å². The molecular weight excluding hydrogens is 442 g/mol. The molecule has 2 N–H and O–H groups in total. The summed E-state index contributed by atoms with van der Waals surface area (Å²) >= 11 is 5.95. The Labute approximate surface area is 195 Å². The summed E-state index contributed by atoms with van der Waals surface area (Å²) in [4.78, 5) is 17.7. The number of methoxy groups -OCH3 is 2. The number of carbonyl (C=O) groups is 1. The molecule has 4 aromatic rings. The molecule has 1 heterocycles. The highest BCUT2D eigenvalue weighted by molar-refractivity contribution is 6.30. The molecule has 0 aliphatic carbocycles. The fourth-order valence-corrected chi connectivity index (χ4v) is 3.54. The molecule has 1 amide bonds. The number of carbonyl (C=O) groups excluding carboxylic acids is 1. The van der Waals surface area contributed by atoms with E-state index in [0.717, 1.165) is 5.56 Å². The number of nitrogens with zero attached hydrogens (tertiary/aromatic N) is 2. The number of para-hydroxylation sites is 1. The second-order valence-electron chi connectivity index (χ2n) is 7.04. The number of phenolic OH excluding ortho intramolecular Hbond substituents is 1. The molecule has 0 aliphatic heterocycles. The maximum absolute atomic E-state index is 13.0. The molecule has 0 spiro atoms. The lowest BCUT2D eigenvalue weighted by Crippen LogP contribution is -2.18. The number of ether oxygens (including phenoxy) is 2. The number of amides is 1. The van der Waals surface area contributed by atoms with Gasteiger partial charge in [-0.1, -0.05) is 29.8 Å². The van der Waals surface area contributed by atoms with Crippen molar-refractivity contribution in [2.75, 3.05) is 14.2 Å². The van der Waals surface area contributed by atoms with Crippen LogP contribution in [0.2, 0.25) is 5.02 Å². The zero-order valence-electron chi connectivity index (χ0n) is 17.9. The summed E-state index contributed by atoms with van der Waals surface area (Å²) in [6.07, 6.45) is 1.33. The molecule has 0 unspecified atom stereocenters. The second-order valence-corrected chi connectivity index (χ2v) is 7.48. The number of aromatic hydroxyl groups is 1. The normalized spacial score (nSPS) is 11.0. The summed E-state index contributed by atoms with van der Waals surface area (Å²) in [6.45, 7) is 0. The Kier molecular flexibility index (Phi) is 6.42. The van der Waals surface area contributed by atoms with Crippen LogP contribution in [0.25, 0.3) is 22.2 Å². The lowest BCUT2D eigenvalue weighted by atomic mass is 10.0. The van der Waals surface area contributed by atoms with E-state index in [0.29, 0.717) is 44.2 Å². The highest BCUT2D eigenvalue weighted by Gasteiger charge is 2.15. The van der Waals surface area contributed by atoms with Crippen LogP contribution in [-0.2, 0) is 0 Å². The summed E-state index contributed by atoms with van der Waals surface area (Å²) in [7, 11) is 3.13. The number of nitrogens with one attached hydrogen (secondary N) is 1. The Morgan fingerprint density at radius 3 is 2.61 bits per heavy atom. The summed E-state index contributed by atoms with van der Waals surface area (Å²) in [5.74, 6) is 0.732. The zero-order chi connectivity index (χ0) is 23.4. The zero-order valence-corrected chi connectivity index (χ0v) is 18.6. The molecule has 4 rings (SSSR count). The minimum absolute atomic E-state index is 0.00231. The molecule has 0 saturated heterocycles. The van der Waals surface area contributed by atoms with E-state index in [1.54, 1.807) is 44.6 Å². The smallest absolute Gasteiger partial charge is 0.272 e. The number of phenols is 1. The molecule has 0 radical (unpaired) electrons. The molecule has 0 atom stereocenters. The van der Waals surface area contributed by atoms with Crippen molar-refractivity contribution < 1.29 is 19.4 Å². The molecule has 1 aromatic heterocycles. The van der Waals surface area contributed by atoms with Gasteiger partial charge in [-0.25, -0.2) is 10.4 Å².